The van der Waals surface area contributed by atoms with Gasteiger partial charge in [0.05, 0.1) is 16.8 Å². The molecule has 0 aliphatic heterocycles. The monoisotopic (exact) mass is 410 g/mol. The van der Waals surface area contributed by atoms with Gasteiger partial charge in [0.1, 0.15) is 5.75 Å². The lowest BCUT2D eigenvalue weighted by atomic mass is 10.1. The first-order valence-corrected chi connectivity index (χ1v) is 11.3. The van der Waals surface area contributed by atoms with Crippen molar-refractivity contribution >= 4 is 27.5 Å². The Morgan fingerprint density at radius 1 is 1.03 bits per heavy atom. The number of thiazole rings is 1. The average Bonchev–Trinajstić information content (AvgIpc) is 3.02. The molecule has 29 heavy (non-hydrogen) atoms. The molecule has 0 spiro atoms. The number of carbonyl (C=O) groups is 1. The Bertz CT molecular complexity index is 1050. The number of carbonyl (C=O) groups excluding carboxylic acids is 1. The molecule has 0 bridgehead atoms. The molecule has 3 rings (SSSR count). The number of rotatable bonds is 8. The standard InChI is InChI=1S/C24H30N2O2S/c1-5-7-8-14-28-20-11-9-19(10-12-20)23(27)25-24-26(13-6-2)21-15-17(3)18(4)16-22(21)29-24/h9-12,15-16H,5-8,13-14H2,1-4H3. The highest BCUT2D eigenvalue weighted by atomic mass is 32.1. The third kappa shape index (κ3) is 5.15. The van der Waals surface area contributed by atoms with Gasteiger partial charge in [0.15, 0.2) is 4.80 Å². The van der Waals surface area contributed by atoms with Gasteiger partial charge in [-0.3, -0.25) is 4.79 Å². The van der Waals surface area contributed by atoms with Crippen molar-refractivity contribution in [1.29, 1.82) is 0 Å². The molecule has 0 saturated carbocycles. The van der Waals surface area contributed by atoms with Gasteiger partial charge in [0, 0.05) is 12.1 Å². The topological polar surface area (TPSA) is 43.6 Å². The minimum Gasteiger partial charge on any atom is -0.494 e. The van der Waals surface area contributed by atoms with Crippen molar-refractivity contribution in [2.45, 2.75) is 59.9 Å². The Labute approximate surface area is 176 Å². The summed E-state index contributed by atoms with van der Waals surface area (Å²) in [5, 5.41) is 0. The second-order valence-corrected chi connectivity index (χ2v) is 8.45. The number of fused-ring (bicyclic) bond motifs is 1. The zero-order valence-electron chi connectivity index (χ0n) is 17.8. The highest BCUT2D eigenvalue weighted by Crippen LogP contribution is 2.22. The van der Waals surface area contributed by atoms with Crippen LogP contribution in [0.25, 0.3) is 10.2 Å². The molecule has 3 aromatic rings. The van der Waals surface area contributed by atoms with E-state index in [4.69, 9.17) is 4.74 Å². The first kappa shape index (κ1) is 21.3. The number of ether oxygens (including phenoxy) is 1. The lowest BCUT2D eigenvalue weighted by Crippen LogP contribution is -2.17. The summed E-state index contributed by atoms with van der Waals surface area (Å²) in [6.45, 7) is 10.1. The Morgan fingerprint density at radius 2 is 1.76 bits per heavy atom. The SMILES string of the molecule is CCCCCOc1ccc(C(=O)N=c2sc3cc(C)c(C)cc3n2CCC)cc1. The smallest absolute Gasteiger partial charge is 0.279 e. The van der Waals surface area contributed by atoms with E-state index in [0.717, 1.165) is 35.5 Å². The van der Waals surface area contributed by atoms with Crippen molar-refractivity contribution in [3.8, 4) is 5.75 Å². The summed E-state index contributed by atoms with van der Waals surface area (Å²) in [4.78, 5) is 18.0. The average molecular weight is 411 g/mol. The number of unbranched alkanes of at least 4 members (excludes halogenated alkanes) is 2. The van der Waals surface area contributed by atoms with Crippen LogP contribution in [-0.4, -0.2) is 17.1 Å². The fraction of sp³-hybridized carbons (Fsp3) is 0.417. The van der Waals surface area contributed by atoms with E-state index in [-0.39, 0.29) is 5.91 Å². The van der Waals surface area contributed by atoms with Crippen LogP contribution in [0.4, 0.5) is 0 Å². The molecule has 0 unspecified atom stereocenters. The molecule has 154 valence electrons. The van der Waals surface area contributed by atoms with Crippen molar-refractivity contribution in [3.05, 3.63) is 57.9 Å². The van der Waals surface area contributed by atoms with Crippen molar-refractivity contribution < 1.29 is 9.53 Å². The maximum absolute atomic E-state index is 12.8. The molecular formula is C24H30N2O2S. The van der Waals surface area contributed by atoms with Crippen molar-refractivity contribution in [3.63, 3.8) is 0 Å². The van der Waals surface area contributed by atoms with E-state index in [0.29, 0.717) is 12.2 Å². The minimum absolute atomic E-state index is 0.215. The number of aromatic nitrogens is 1. The molecule has 0 aliphatic rings. The predicted molar refractivity (Wildman–Crippen MR) is 121 cm³/mol. The number of benzene rings is 2. The fourth-order valence-corrected chi connectivity index (χ4v) is 4.37. The van der Waals surface area contributed by atoms with E-state index < -0.39 is 0 Å². The molecule has 0 N–H and O–H groups in total. The maximum atomic E-state index is 12.8. The van der Waals surface area contributed by atoms with Gasteiger partial charge in [-0.2, -0.15) is 4.99 Å². The van der Waals surface area contributed by atoms with Gasteiger partial charge in [-0.05, 0) is 74.2 Å². The Morgan fingerprint density at radius 3 is 2.45 bits per heavy atom. The molecule has 1 heterocycles. The van der Waals surface area contributed by atoms with Crippen LogP contribution in [0.5, 0.6) is 5.75 Å². The summed E-state index contributed by atoms with van der Waals surface area (Å²) in [5.41, 5.74) is 4.25. The second-order valence-electron chi connectivity index (χ2n) is 7.44. The summed E-state index contributed by atoms with van der Waals surface area (Å²) in [5.74, 6) is 0.582. The van der Waals surface area contributed by atoms with Crippen molar-refractivity contribution in [2.75, 3.05) is 6.61 Å². The van der Waals surface area contributed by atoms with Crippen LogP contribution < -0.4 is 9.54 Å². The summed E-state index contributed by atoms with van der Waals surface area (Å²) in [6.07, 6.45) is 4.38. The van der Waals surface area contributed by atoms with E-state index >= 15 is 0 Å². The highest BCUT2D eigenvalue weighted by Gasteiger charge is 2.10. The molecule has 0 atom stereocenters. The zero-order chi connectivity index (χ0) is 20.8. The number of amides is 1. The molecule has 4 nitrogen and oxygen atoms in total. The predicted octanol–water partition coefficient (Wildman–Crippen LogP) is 6.04. The molecule has 5 heteroatoms. The van der Waals surface area contributed by atoms with E-state index in [2.05, 4.69) is 49.4 Å². The van der Waals surface area contributed by atoms with Crippen molar-refractivity contribution in [2.24, 2.45) is 4.99 Å². The summed E-state index contributed by atoms with van der Waals surface area (Å²) < 4.78 is 9.06. The highest BCUT2D eigenvalue weighted by molar-refractivity contribution is 7.16. The lowest BCUT2D eigenvalue weighted by Gasteiger charge is -2.06. The number of nitrogens with zero attached hydrogens (tertiary/aromatic N) is 2. The third-order valence-corrected chi connectivity index (χ3v) is 6.10. The molecule has 0 fully saturated rings. The Balaban J connectivity index is 1.86. The summed E-state index contributed by atoms with van der Waals surface area (Å²) in [6, 6.07) is 11.7. The van der Waals surface area contributed by atoms with E-state index in [1.54, 1.807) is 23.5 Å². The van der Waals surface area contributed by atoms with Crippen LogP contribution in [-0.2, 0) is 6.54 Å². The number of aryl methyl sites for hydroxylation is 3. The molecule has 0 aliphatic carbocycles. The van der Waals surface area contributed by atoms with Gasteiger partial charge in [0.25, 0.3) is 5.91 Å². The van der Waals surface area contributed by atoms with Gasteiger partial charge >= 0.3 is 0 Å². The lowest BCUT2D eigenvalue weighted by molar-refractivity contribution is 0.0998. The molecule has 2 aromatic carbocycles. The van der Waals surface area contributed by atoms with Crippen LogP contribution >= 0.6 is 11.3 Å². The van der Waals surface area contributed by atoms with E-state index in [9.17, 15) is 4.79 Å². The van der Waals surface area contributed by atoms with Gasteiger partial charge in [0.2, 0.25) is 0 Å². The van der Waals surface area contributed by atoms with Crippen molar-refractivity contribution in [1.82, 2.24) is 4.57 Å². The fourth-order valence-electron chi connectivity index (χ4n) is 3.23. The largest absolute Gasteiger partial charge is 0.494 e. The van der Waals surface area contributed by atoms with Crippen LogP contribution in [0.3, 0.4) is 0 Å². The normalized spacial score (nSPS) is 11.9. The summed E-state index contributed by atoms with van der Waals surface area (Å²) in [7, 11) is 0. The summed E-state index contributed by atoms with van der Waals surface area (Å²) >= 11 is 1.58. The molecule has 1 aromatic heterocycles. The van der Waals surface area contributed by atoms with E-state index in [1.807, 2.05) is 12.1 Å². The van der Waals surface area contributed by atoms with Gasteiger partial charge in [-0.15, -0.1) is 0 Å². The van der Waals surface area contributed by atoms with Gasteiger partial charge in [-0.1, -0.05) is 38.0 Å². The first-order chi connectivity index (χ1) is 14.0. The number of hydrogen-bond donors (Lipinski definition) is 0. The molecule has 0 radical (unpaired) electrons. The van der Waals surface area contributed by atoms with E-state index in [1.165, 1.54) is 28.7 Å². The van der Waals surface area contributed by atoms with Crippen LogP contribution in [0.2, 0.25) is 0 Å². The Hall–Kier alpha value is -2.40. The molecule has 1 amide bonds. The first-order valence-electron chi connectivity index (χ1n) is 10.5. The zero-order valence-corrected chi connectivity index (χ0v) is 18.6. The minimum atomic E-state index is -0.215. The third-order valence-electron chi connectivity index (χ3n) is 5.06. The quantitative estimate of drug-likeness (QED) is 0.425. The maximum Gasteiger partial charge on any atom is 0.279 e. The number of hydrogen-bond acceptors (Lipinski definition) is 3. The van der Waals surface area contributed by atoms with Gasteiger partial charge in [-0.25, -0.2) is 0 Å². The van der Waals surface area contributed by atoms with Gasteiger partial charge < -0.3 is 9.30 Å². The Kier molecular flexibility index (Phi) is 7.26. The van der Waals surface area contributed by atoms with Crippen LogP contribution in [0.15, 0.2) is 41.4 Å². The molecule has 0 saturated heterocycles. The molecular weight excluding hydrogens is 380 g/mol. The van der Waals surface area contributed by atoms with Crippen LogP contribution in [0.1, 0.15) is 61.0 Å². The second kappa shape index (κ2) is 9.88. The van der Waals surface area contributed by atoms with Crippen LogP contribution in [0, 0.1) is 13.8 Å².